The van der Waals surface area contributed by atoms with Gasteiger partial charge in [-0.3, -0.25) is 4.42 Å². The van der Waals surface area contributed by atoms with Crippen LogP contribution in [0, 0.1) is 0 Å². The number of para-hydroxylation sites is 1. The summed E-state index contributed by atoms with van der Waals surface area (Å²) in [5.74, 6) is 0. The van der Waals surface area contributed by atoms with Gasteiger partial charge in [-0.2, -0.15) is 0 Å². The molecule has 1 aromatic carbocycles. The van der Waals surface area contributed by atoms with Gasteiger partial charge in [-0.25, -0.2) is 0 Å². The molecule has 0 saturated carbocycles. The molecule has 1 aromatic rings. The first kappa shape index (κ1) is 7.90. The highest BCUT2D eigenvalue weighted by Crippen LogP contribution is 2.34. The van der Waals surface area contributed by atoms with Gasteiger partial charge in [0.25, 0.3) is 0 Å². The molecule has 0 fully saturated rings. The zero-order valence-corrected chi connectivity index (χ0v) is 7.33. The van der Waals surface area contributed by atoms with Gasteiger partial charge in [0.05, 0.1) is 11.8 Å². The lowest BCUT2D eigenvalue weighted by molar-refractivity contribution is 0.166. The summed E-state index contributed by atoms with van der Waals surface area (Å²) in [4.78, 5) is 0. The van der Waals surface area contributed by atoms with Crippen LogP contribution in [0.1, 0.15) is 18.1 Å². The first-order valence-electron chi connectivity index (χ1n) is 3.99. The van der Waals surface area contributed by atoms with Crippen LogP contribution in [0.15, 0.2) is 24.3 Å². The lowest BCUT2D eigenvalue weighted by Gasteiger charge is -2.27. The van der Waals surface area contributed by atoms with Crippen molar-refractivity contribution in [1.82, 2.24) is 0 Å². The van der Waals surface area contributed by atoms with Crippen molar-refractivity contribution in [3.63, 3.8) is 0 Å². The standard InChI is InChI=1S/C9H10ClNO/c10-11-6-5-9(12)7-3-1-2-4-8(7)11/h1-4,9,12H,5-6H2. The second-order valence-corrected chi connectivity index (χ2v) is 3.36. The van der Waals surface area contributed by atoms with E-state index in [-0.39, 0.29) is 6.10 Å². The molecule has 64 valence electrons. The maximum absolute atomic E-state index is 9.59. The van der Waals surface area contributed by atoms with Gasteiger partial charge in [0, 0.05) is 23.9 Å². The molecule has 12 heavy (non-hydrogen) atoms. The molecule has 0 amide bonds. The number of halogens is 1. The van der Waals surface area contributed by atoms with Crippen molar-refractivity contribution in [3.05, 3.63) is 29.8 Å². The minimum absolute atomic E-state index is 0.351. The third-order valence-electron chi connectivity index (χ3n) is 2.16. The number of hydrogen-bond acceptors (Lipinski definition) is 2. The lowest BCUT2D eigenvalue weighted by atomic mass is 10.0. The third kappa shape index (κ3) is 1.17. The maximum Gasteiger partial charge on any atom is 0.0827 e. The number of hydrogen-bond donors (Lipinski definition) is 1. The van der Waals surface area contributed by atoms with Crippen LogP contribution >= 0.6 is 11.8 Å². The van der Waals surface area contributed by atoms with Crippen LogP contribution in [-0.4, -0.2) is 11.7 Å². The van der Waals surface area contributed by atoms with Gasteiger partial charge in [-0.05, 0) is 12.5 Å². The van der Waals surface area contributed by atoms with E-state index in [1.807, 2.05) is 24.3 Å². The fourth-order valence-corrected chi connectivity index (χ4v) is 1.75. The van der Waals surface area contributed by atoms with Crippen LogP contribution in [-0.2, 0) is 0 Å². The minimum Gasteiger partial charge on any atom is -0.388 e. The summed E-state index contributed by atoms with van der Waals surface area (Å²) in [6, 6.07) is 7.67. The molecule has 1 aliphatic heterocycles. The highest BCUT2D eigenvalue weighted by Gasteiger charge is 2.21. The molecule has 0 bridgehead atoms. The fourth-order valence-electron chi connectivity index (χ4n) is 1.50. The Kier molecular flexibility index (Phi) is 1.95. The predicted octanol–water partition coefficient (Wildman–Crippen LogP) is 2.08. The van der Waals surface area contributed by atoms with E-state index in [1.54, 1.807) is 4.42 Å². The average molecular weight is 184 g/mol. The average Bonchev–Trinajstić information content (AvgIpc) is 2.12. The molecular weight excluding hydrogens is 174 g/mol. The van der Waals surface area contributed by atoms with Crippen LogP contribution < -0.4 is 4.42 Å². The minimum atomic E-state index is -0.351. The summed E-state index contributed by atoms with van der Waals surface area (Å²) in [5.41, 5.74) is 1.86. The number of anilines is 1. The Morgan fingerprint density at radius 3 is 2.92 bits per heavy atom. The second-order valence-electron chi connectivity index (χ2n) is 2.95. The van der Waals surface area contributed by atoms with Gasteiger partial charge in [0.1, 0.15) is 0 Å². The summed E-state index contributed by atoms with van der Waals surface area (Å²) in [6.07, 6.45) is 0.358. The Morgan fingerprint density at radius 2 is 2.17 bits per heavy atom. The van der Waals surface area contributed by atoms with E-state index < -0.39 is 0 Å². The van der Waals surface area contributed by atoms with Gasteiger partial charge in [-0.15, -0.1) is 0 Å². The van der Waals surface area contributed by atoms with E-state index >= 15 is 0 Å². The van der Waals surface area contributed by atoms with Crippen LogP contribution in [0.25, 0.3) is 0 Å². The molecule has 0 aromatic heterocycles. The summed E-state index contributed by atoms with van der Waals surface area (Å²) in [7, 11) is 0. The summed E-state index contributed by atoms with van der Waals surface area (Å²) in [5, 5.41) is 9.59. The zero-order valence-electron chi connectivity index (χ0n) is 6.57. The molecule has 1 heterocycles. The topological polar surface area (TPSA) is 23.5 Å². The van der Waals surface area contributed by atoms with Crippen LogP contribution in [0.4, 0.5) is 5.69 Å². The van der Waals surface area contributed by atoms with Crippen molar-refractivity contribution in [1.29, 1.82) is 0 Å². The van der Waals surface area contributed by atoms with Crippen LogP contribution in [0.5, 0.6) is 0 Å². The molecule has 0 radical (unpaired) electrons. The first-order valence-corrected chi connectivity index (χ1v) is 4.33. The van der Waals surface area contributed by atoms with E-state index in [0.717, 1.165) is 11.3 Å². The van der Waals surface area contributed by atoms with E-state index in [0.29, 0.717) is 13.0 Å². The van der Waals surface area contributed by atoms with Crippen molar-refractivity contribution in [2.45, 2.75) is 12.5 Å². The largest absolute Gasteiger partial charge is 0.388 e. The van der Waals surface area contributed by atoms with E-state index in [2.05, 4.69) is 0 Å². The number of rotatable bonds is 0. The first-order chi connectivity index (χ1) is 5.79. The van der Waals surface area contributed by atoms with Crippen molar-refractivity contribution in [2.24, 2.45) is 0 Å². The Morgan fingerprint density at radius 1 is 1.42 bits per heavy atom. The fraction of sp³-hybridized carbons (Fsp3) is 0.333. The molecule has 0 saturated heterocycles. The smallest absolute Gasteiger partial charge is 0.0827 e. The van der Waals surface area contributed by atoms with Gasteiger partial charge in [0.2, 0.25) is 0 Å². The molecule has 3 heteroatoms. The van der Waals surface area contributed by atoms with Crippen molar-refractivity contribution >= 4 is 17.5 Å². The molecule has 1 N–H and O–H groups in total. The van der Waals surface area contributed by atoms with Gasteiger partial charge < -0.3 is 5.11 Å². The third-order valence-corrected chi connectivity index (χ3v) is 2.51. The van der Waals surface area contributed by atoms with Crippen LogP contribution in [0.3, 0.4) is 0 Å². The Labute approximate surface area is 76.5 Å². The normalized spacial score (nSPS) is 22.2. The number of aliphatic hydroxyl groups is 1. The van der Waals surface area contributed by atoms with E-state index in [9.17, 15) is 5.11 Å². The SMILES string of the molecule is OC1CCN(Cl)c2ccccc21. The van der Waals surface area contributed by atoms with Crippen molar-refractivity contribution in [3.8, 4) is 0 Å². The number of fused-ring (bicyclic) bond motifs is 1. The van der Waals surface area contributed by atoms with Crippen LogP contribution in [0.2, 0.25) is 0 Å². The van der Waals surface area contributed by atoms with Crippen molar-refractivity contribution < 1.29 is 5.11 Å². The molecule has 0 spiro atoms. The molecule has 2 rings (SSSR count). The molecule has 0 aliphatic carbocycles. The molecule has 1 aliphatic rings. The number of aliphatic hydroxyl groups excluding tert-OH is 1. The number of benzene rings is 1. The highest BCUT2D eigenvalue weighted by molar-refractivity contribution is 6.26. The summed E-state index contributed by atoms with van der Waals surface area (Å²) >= 11 is 5.93. The van der Waals surface area contributed by atoms with Gasteiger partial charge in [0.15, 0.2) is 0 Å². The van der Waals surface area contributed by atoms with Gasteiger partial charge in [-0.1, -0.05) is 18.2 Å². The molecule has 1 unspecified atom stereocenters. The Bertz CT molecular complexity index is 261. The molecule has 2 nitrogen and oxygen atoms in total. The zero-order chi connectivity index (χ0) is 8.55. The number of nitrogens with zero attached hydrogens (tertiary/aromatic N) is 1. The Balaban J connectivity index is 2.47. The Hall–Kier alpha value is -0.730. The summed E-state index contributed by atoms with van der Waals surface area (Å²) < 4.78 is 1.65. The quantitative estimate of drug-likeness (QED) is 0.623. The van der Waals surface area contributed by atoms with Gasteiger partial charge >= 0.3 is 0 Å². The summed E-state index contributed by atoms with van der Waals surface area (Å²) in [6.45, 7) is 0.708. The monoisotopic (exact) mass is 183 g/mol. The lowest BCUT2D eigenvalue weighted by Crippen LogP contribution is -2.22. The van der Waals surface area contributed by atoms with E-state index in [4.69, 9.17) is 11.8 Å². The maximum atomic E-state index is 9.59. The van der Waals surface area contributed by atoms with E-state index in [1.165, 1.54) is 0 Å². The molecular formula is C9H10ClNO. The van der Waals surface area contributed by atoms with Crippen molar-refractivity contribution in [2.75, 3.05) is 11.0 Å². The highest BCUT2D eigenvalue weighted by atomic mass is 35.5. The predicted molar refractivity (Wildman–Crippen MR) is 49.2 cm³/mol. The molecule has 1 atom stereocenters. The second kappa shape index (κ2) is 2.96.